The summed E-state index contributed by atoms with van der Waals surface area (Å²) in [6.07, 6.45) is 3.34. The maximum Gasteiger partial charge on any atom is 0.244 e. The Morgan fingerprint density at radius 1 is 1.62 bits per heavy atom. The number of aliphatic hydroxyl groups is 1. The van der Waals surface area contributed by atoms with Gasteiger partial charge in [0.15, 0.2) is 0 Å². The summed E-state index contributed by atoms with van der Waals surface area (Å²) in [7, 11) is -3.37. The summed E-state index contributed by atoms with van der Waals surface area (Å²) in [6, 6.07) is 1.55. The molecular formula is C10H16N2O3S. The molecular weight excluding hydrogens is 228 g/mol. The Balaban J connectivity index is 2.16. The van der Waals surface area contributed by atoms with Crippen molar-refractivity contribution in [3.05, 3.63) is 18.5 Å². The number of rotatable bonds is 3. The molecule has 6 heteroatoms. The van der Waals surface area contributed by atoms with Crippen LogP contribution in [0.1, 0.15) is 13.3 Å². The van der Waals surface area contributed by atoms with E-state index in [-0.39, 0.29) is 5.92 Å². The van der Waals surface area contributed by atoms with Gasteiger partial charge in [-0.1, -0.05) is 0 Å². The first-order chi connectivity index (χ1) is 7.51. The molecule has 2 rings (SSSR count). The number of sulfonamides is 1. The van der Waals surface area contributed by atoms with E-state index in [0.29, 0.717) is 18.0 Å². The van der Waals surface area contributed by atoms with Crippen molar-refractivity contribution < 1.29 is 13.5 Å². The van der Waals surface area contributed by atoms with Gasteiger partial charge in [0.1, 0.15) is 0 Å². The molecule has 0 spiro atoms. The molecule has 0 saturated carbocycles. The molecule has 1 aromatic rings. The molecule has 1 aliphatic rings. The van der Waals surface area contributed by atoms with Crippen LogP contribution >= 0.6 is 0 Å². The molecule has 2 atom stereocenters. The lowest BCUT2D eigenvalue weighted by Crippen LogP contribution is -2.30. The van der Waals surface area contributed by atoms with Crippen molar-refractivity contribution in [2.45, 2.75) is 24.3 Å². The van der Waals surface area contributed by atoms with Crippen molar-refractivity contribution in [3.8, 4) is 0 Å². The predicted molar refractivity (Wildman–Crippen MR) is 59.3 cm³/mol. The number of aliphatic hydroxyl groups excluding tert-OH is 1. The second-order valence-corrected chi connectivity index (χ2v) is 6.14. The van der Waals surface area contributed by atoms with Gasteiger partial charge in [-0.15, -0.1) is 0 Å². The van der Waals surface area contributed by atoms with Crippen molar-refractivity contribution in [2.24, 2.45) is 5.92 Å². The average Bonchev–Trinajstić information content (AvgIpc) is 2.90. The quantitative estimate of drug-likeness (QED) is 0.808. The highest BCUT2D eigenvalue weighted by atomic mass is 32.2. The zero-order chi connectivity index (χ0) is 11.8. The fourth-order valence-electron chi connectivity index (χ4n) is 1.98. The maximum absolute atomic E-state index is 12.1. The van der Waals surface area contributed by atoms with Crippen molar-refractivity contribution in [3.63, 3.8) is 0 Å². The molecule has 0 amide bonds. The molecule has 5 nitrogen and oxygen atoms in total. The smallest absolute Gasteiger partial charge is 0.244 e. The Morgan fingerprint density at radius 3 is 2.88 bits per heavy atom. The van der Waals surface area contributed by atoms with Crippen molar-refractivity contribution in [1.29, 1.82) is 0 Å². The predicted octanol–water partition coefficient (Wildman–Crippen LogP) is 0.406. The number of H-pyrrole nitrogens is 1. The van der Waals surface area contributed by atoms with Crippen LogP contribution in [0, 0.1) is 5.92 Å². The summed E-state index contributed by atoms with van der Waals surface area (Å²) in [5.41, 5.74) is 0. The maximum atomic E-state index is 12.1. The van der Waals surface area contributed by atoms with Crippen LogP contribution < -0.4 is 0 Å². The third-order valence-electron chi connectivity index (χ3n) is 3.08. The van der Waals surface area contributed by atoms with E-state index in [1.165, 1.54) is 10.5 Å². The molecule has 0 bridgehead atoms. The van der Waals surface area contributed by atoms with Gasteiger partial charge in [0.25, 0.3) is 0 Å². The van der Waals surface area contributed by atoms with E-state index < -0.39 is 16.1 Å². The average molecular weight is 244 g/mol. The Bertz CT molecular complexity index is 439. The number of aromatic nitrogens is 1. The van der Waals surface area contributed by atoms with Crippen molar-refractivity contribution >= 4 is 10.0 Å². The molecule has 1 aliphatic heterocycles. The number of hydrogen-bond acceptors (Lipinski definition) is 3. The van der Waals surface area contributed by atoms with Crippen molar-refractivity contribution in [2.75, 3.05) is 13.1 Å². The number of nitrogens with one attached hydrogen (secondary N) is 1. The molecule has 2 heterocycles. The van der Waals surface area contributed by atoms with Crippen LogP contribution in [0.3, 0.4) is 0 Å². The van der Waals surface area contributed by atoms with Crippen molar-refractivity contribution in [1.82, 2.24) is 9.29 Å². The Kier molecular flexibility index (Phi) is 3.05. The Labute approximate surface area is 95.1 Å². The van der Waals surface area contributed by atoms with Crippen LogP contribution in [-0.4, -0.2) is 42.0 Å². The minimum absolute atomic E-state index is 0.0497. The zero-order valence-electron chi connectivity index (χ0n) is 9.13. The summed E-state index contributed by atoms with van der Waals surface area (Å²) in [5.74, 6) is 0.0497. The number of nitrogens with zero attached hydrogens (tertiary/aromatic N) is 1. The minimum Gasteiger partial charge on any atom is -0.393 e. The molecule has 0 radical (unpaired) electrons. The van der Waals surface area contributed by atoms with Crippen LogP contribution in [0.5, 0.6) is 0 Å². The second-order valence-electron chi connectivity index (χ2n) is 4.20. The Hall–Kier alpha value is -0.850. The summed E-state index contributed by atoms with van der Waals surface area (Å²) < 4.78 is 25.6. The van der Waals surface area contributed by atoms with E-state index in [2.05, 4.69) is 4.98 Å². The summed E-state index contributed by atoms with van der Waals surface area (Å²) in [5, 5.41) is 9.44. The van der Waals surface area contributed by atoms with Crippen LogP contribution in [-0.2, 0) is 10.0 Å². The Morgan fingerprint density at radius 2 is 2.38 bits per heavy atom. The highest BCUT2D eigenvalue weighted by Gasteiger charge is 2.34. The lowest BCUT2D eigenvalue weighted by atomic mass is 10.0. The lowest BCUT2D eigenvalue weighted by Gasteiger charge is -2.16. The molecule has 0 aromatic carbocycles. The van der Waals surface area contributed by atoms with Crippen LogP contribution in [0.2, 0.25) is 0 Å². The SMILES string of the molecule is CC(O)C1CCN(S(=O)(=O)c2cc[nH]c2)C1. The monoisotopic (exact) mass is 244 g/mol. The normalized spacial score (nSPS) is 24.8. The summed E-state index contributed by atoms with van der Waals surface area (Å²) in [4.78, 5) is 3.03. The molecule has 1 aromatic heterocycles. The lowest BCUT2D eigenvalue weighted by molar-refractivity contribution is 0.133. The third-order valence-corrected chi connectivity index (χ3v) is 4.94. The van der Waals surface area contributed by atoms with E-state index in [4.69, 9.17) is 0 Å². The van der Waals surface area contributed by atoms with E-state index in [1.54, 1.807) is 19.2 Å². The topological polar surface area (TPSA) is 73.4 Å². The van der Waals surface area contributed by atoms with E-state index in [9.17, 15) is 13.5 Å². The molecule has 2 N–H and O–H groups in total. The highest BCUT2D eigenvalue weighted by Crippen LogP contribution is 2.25. The van der Waals surface area contributed by atoms with Gasteiger partial charge < -0.3 is 10.1 Å². The van der Waals surface area contributed by atoms with Gasteiger partial charge >= 0.3 is 0 Å². The fourth-order valence-corrected chi connectivity index (χ4v) is 3.47. The summed E-state index contributed by atoms with van der Waals surface area (Å²) in [6.45, 7) is 2.60. The van der Waals surface area contributed by atoms with E-state index in [0.717, 1.165) is 6.42 Å². The number of aromatic amines is 1. The first-order valence-corrected chi connectivity index (χ1v) is 6.77. The minimum atomic E-state index is -3.37. The number of hydrogen-bond donors (Lipinski definition) is 2. The highest BCUT2D eigenvalue weighted by molar-refractivity contribution is 7.89. The second kappa shape index (κ2) is 4.20. The van der Waals surface area contributed by atoms with Gasteiger partial charge in [-0.2, -0.15) is 4.31 Å². The van der Waals surface area contributed by atoms with Gasteiger partial charge in [-0.3, -0.25) is 0 Å². The van der Waals surface area contributed by atoms with Gasteiger partial charge in [0.05, 0.1) is 11.0 Å². The van der Waals surface area contributed by atoms with Gasteiger partial charge in [0, 0.05) is 25.5 Å². The van der Waals surface area contributed by atoms with E-state index in [1.807, 2.05) is 0 Å². The van der Waals surface area contributed by atoms with Crippen LogP contribution in [0.25, 0.3) is 0 Å². The van der Waals surface area contributed by atoms with Crippen LogP contribution in [0.15, 0.2) is 23.4 Å². The molecule has 16 heavy (non-hydrogen) atoms. The molecule has 0 aliphatic carbocycles. The fraction of sp³-hybridized carbons (Fsp3) is 0.600. The van der Waals surface area contributed by atoms with Gasteiger partial charge in [0.2, 0.25) is 10.0 Å². The van der Waals surface area contributed by atoms with Gasteiger partial charge in [-0.25, -0.2) is 8.42 Å². The van der Waals surface area contributed by atoms with E-state index >= 15 is 0 Å². The first kappa shape index (κ1) is 11.6. The third kappa shape index (κ3) is 2.00. The molecule has 90 valence electrons. The largest absolute Gasteiger partial charge is 0.393 e. The molecule has 2 unspecified atom stereocenters. The standard InChI is InChI=1S/C10H16N2O3S/c1-8(13)9-3-5-12(7-9)16(14,15)10-2-4-11-6-10/h2,4,6,8-9,11,13H,3,5,7H2,1H3. The summed E-state index contributed by atoms with van der Waals surface area (Å²) >= 11 is 0. The van der Waals surface area contributed by atoms with Crippen LogP contribution in [0.4, 0.5) is 0 Å². The molecule has 1 fully saturated rings. The zero-order valence-corrected chi connectivity index (χ0v) is 9.94. The van der Waals surface area contributed by atoms with Gasteiger partial charge in [-0.05, 0) is 25.3 Å². The first-order valence-electron chi connectivity index (χ1n) is 5.33. The molecule has 1 saturated heterocycles.